The lowest BCUT2D eigenvalue weighted by molar-refractivity contribution is -0.125. The lowest BCUT2D eigenvalue weighted by atomic mass is 10.3. The quantitative estimate of drug-likeness (QED) is 0.749. The van der Waals surface area contributed by atoms with Crippen LogP contribution in [0.25, 0.3) is 0 Å². The molecule has 1 aromatic carbocycles. The van der Waals surface area contributed by atoms with Gasteiger partial charge < -0.3 is 10.1 Å². The Labute approximate surface area is 127 Å². The van der Waals surface area contributed by atoms with Gasteiger partial charge in [0.15, 0.2) is 0 Å². The summed E-state index contributed by atoms with van der Waals surface area (Å²) in [6.07, 6.45) is -4.71. The van der Waals surface area contributed by atoms with Gasteiger partial charge in [0.2, 0.25) is 0 Å². The Morgan fingerprint density at radius 2 is 1.95 bits per heavy atom. The number of alkyl halides is 3. The molecule has 8 heteroatoms. The highest BCUT2D eigenvalue weighted by Gasteiger charge is 2.26. The van der Waals surface area contributed by atoms with Crippen LogP contribution in [0.5, 0.6) is 5.75 Å². The summed E-state index contributed by atoms with van der Waals surface area (Å²) in [5.41, 5.74) is 0. The molecule has 19 heavy (non-hydrogen) atoms. The fourth-order valence-corrected chi connectivity index (χ4v) is 2.11. The summed E-state index contributed by atoms with van der Waals surface area (Å²) in [6.45, 7) is 0.620. The highest BCUT2D eigenvalue weighted by molar-refractivity contribution is 9.10. The fourth-order valence-electron chi connectivity index (χ4n) is 1.27. The summed E-state index contributed by atoms with van der Waals surface area (Å²) >= 11 is 15.0. The second-order valence-electron chi connectivity index (χ2n) is 3.87. The van der Waals surface area contributed by atoms with E-state index in [4.69, 9.17) is 27.9 Å². The van der Waals surface area contributed by atoms with Crippen LogP contribution in [-0.4, -0.2) is 25.4 Å². The lowest BCUT2D eigenvalue weighted by Gasteiger charge is -2.17. The van der Waals surface area contributed by atoms with E-state index in [2.05, 4.69) is 21.2 Å². The van der Waals surface area contributed by atoms with Crippen LogP contribution in [0.15, 0.2) is 16.6 Å². The summed E-state index contributed by atoms with van der Waals surface area (Å²) in [5.74, 6) is 0.330. The molecule has 0 heterocycles. The van der Waals surface area contributed by atoms with E-state index in [1.165, 1.54) is 6.07 Å². The Hall–Kier alpha value is -0.170. The van der Waals surface area contributed by atoms with Crippen LogP contribution in [0, 0.1) is 0 Å². The number of halogens is 6. The number of nitrogens with one attached hydrogen (secondary N) is 1. The molecule has 1 N–H and O–H groups in total. The van der Waals surface area contributed by atoms with E-state index in [1.54, 1.807) is 13.0 Å². The first-order valence-electron chi connectivity index (χ1n) is 5.27. The highest BCUT2D eigenvalue weighted by atomic mass is 79.9. The van der Waals surface area contributed by atoms with Crippen LogP contribution in [0.2, 0.25) is 10.0 Å². The van der Waals surface area contributed by atoms with Crippen molar-refractivity contribution < 1.29 is 17.9 Å². The zero-order valence-electron chi connectivity index (χ0n) is 9.82. The molecule has 0 bridgehead atoms. The summed E-state index contributed by atoms with van der Waals surface area (Å²) < 4.78 is 41.9. The maximum Gasteiger partial charge on any atom is 0.401 e. The first-order chi connectivity index (χ1) is 8.69. The molecule has 2 nitrogen and oxygen atoms in total. The number of rotatable bonds is 5. The molecule has 0 saturated heterocycles. The topological polar surface area (TPSA) is 21.3 Å². The molecule has 0 fully saturated rings. The molecule has 0 aliphatic heterocycles. The SMILES string of the molecule is CC(CNCC(F)(F)F)Oc1cc(Cl)c(Br)cc1Cl. The van der Waals surface area contributed by atoms with Gasteiger partial charge in [0, 0.05) is 17.1 Å². The molecule has 1 atom stereocenters. The minimum atomic E-state index is -4.24. The Morgan fingerprint density at radius 1 is 1.32 bits per heavy atom. The van der Waals surface area contributed by atoms with E-state index in [1.807, 2.05) is 0 Å². The Balaban J connectivity index is 2.53. The van der Waals surface area contributed by atoms with Crippen LogP contribution in [0.1, 0.15) is 6.92 Å². The van der Waals surface area contributed by atoms with Gasteiger partial charge in [-0.1, -0.05) is 23.2 Å². The van der Waals surface area contributed by atoms with E-state index in [9.17, 15) is 13.2 Å². The van der Waals surface area contributed by atoms with Crippen molar-refractivity contribution in [3.63, 3.8) is 0 Å². The van der Waals surface area contributed by atoms with Gasteiger partial charge in [0.25, 0.3) is 0 Å². The van der Waals surface area contributed by atoms with Crippen molar-refractivity contribution in [2.24, 2.45) is 0 Å². The van der Waals surface area contributed by atoms with Crippen molar-refractivity contribution in [2.45, 2.75) is 19.2 Å². The third kappa shape index (κ3) is 6.21. The molecule has 0 saturated carbocycles. The molecule has 1 unspecified atom stereocenters. The molecule has 108 valence electrons. The maximum absolute atomic E-state index is 11.9. The van der Waals surface area contributed by atoms with Gasteiger partial charge in [-0.25, -0.2) is 0 Å². The van der Waals surface area contributed by atoms with Crippen LogP contribution < -0.4 is 10.1 Å². The highest BCUT2D eigenvalue weighted by Crippen LogP contribution is 2.34. The van der Waals surface area contributed by atoms with Crippen molar-refractivity contribution in [3.8, 4) is 5.75 Å². The molecule has 0 aliphatic rings. The third-order valence-electron chi connectivity index (χ3n) is 2.06. The van der Waals surface area contributed by atoms with Crippen LogP contribution in [-0.2, 0) is 0 Å². The molecule has 0 spiro atoms. The van der Waals surface area contributed by atoms with E-state index in [-0.39, 0.29) is 6.54 Å². The van der Waals surface area contributed by atoms with Crippen molar-refractivity contribution in [1.82, 2.24) is 5.32 Å². The van der Waals surface area contributed by atoms with E-state index >= 15 is 0 Å². The predicted octanol–water partition coefficient (Wildman–Crippen LogP) is 4.68. The standard InChI is InChI=1S/C11H11BrCl2F3NO/c1-6(4-18-5-11(15,16)17)19-10-3-8(13)7(12)2-9(10)14/h2-3,6,18H,4-5H2,1H3. The average Bonchev–Trinajstić information content (AvgIpc) is 2.24. The van der Waals surface area contributed by atoms with E-state index < -0.39 is 18.8 Å². The average molecular weight is 381 g/mol. The van der Waals surface area contributed by atoms with Crippen molar-refractivity contribution >= 4 is 39.1 Å². The minimum absolute atomic E-state index is 0.0452. The molecular weight excluding hydrogens is 370 g/mol. The Morgan fingerprint density at radius 3 is 2.53 bits per heavy atom. The first kappa shape index (κ1) is 16.9. The van der Waals surface area contributed by atoms with Crippen LogP contribution >= 0.6 is 39.1 Å². The fraction of sp³-hybridized carbons (Fsp3) is 0.455. The van der Waals surface area contributed by atoms with Gasteiger partial charge in [-0.2, -0.15) is 13.2 Å². The molecule has 1 rings (SSSR count). The number of benzene rings is 1. The number of hydrogen-bond donors (Lipinski definition) is 1. The Kier molecular flexibility index (Phi) is 6.23. The summed E-state index contributed by atoms with van der Waals surface area (Å²) in [4.78, 5) is 0. The molecule has 0 aliphatic carbocycles. The van der Waals surface area contributed by atoms with Crippen LogP contribution in [0.4, 0.5) is 13.2 Å². The second-order valence-corrected chi connectivity index (χ2v) is 5.54. The predicted molar refractivity (Wildman–Crippen MR) is 73.2 cm³/mol. The van der Waals surface area contributed by atoms with Crippen molar-refractivity contribution in [2.75, 3.05) is 13.1 Å². The first-order valence-corrected chi connectivity index (χ1v) is 6.82. The van der Waals surface area contributed by atoms with Gasteiger partial charge in [-0.05, 0) is 28.9 Å². The number of hydrogen-bond acceptors (Lipinski definition) is 2. The molecule has 1 aromatic rings. The van der Waals surface area contributed by atoms with Gasteiger partial charge in [-0.15, -0.1) is 0 Å². The van der Waals surface area contributed by atoms with E-state index in [0.717, 1.165) is 0 Å². The zero-order chi connectivity index (χ0) is 14.6. The summed E-state index contributed by atoms with van der Waals surface area (Å²) in [5, 5.41) is 3.00. The summed E-state index contributed by atoms with van der Waals surface area (Å²) in [7, 11) is 0. The van der Waals surface area contributed by atoms with Gasteiger partial charge >= 0.3 is 6.18 Å². The van der Waals surface area contributed by atoms with Crippen molar-refractivity contribution in [1.29, 1.82) is 0 Å². The van der Waals surface area contributed by atoms with Crippen LogP contribution in [0.3, 0.4) is 0 Å². The molecular formula is C11H11BrCl2F3NO. The smallest absolute Gasteiger partial charge is 0.401 e. The number of ether oxygens (including phenoxy) is 1. The summed E-state index contributed by atoms with van der Waals surface area (Å²) in [6, 6.07) is 3.07. The minimum Gasteiger partial charge on any atom is -0.488 e. The van der Waals surface area contributed by atoms with Gasteiger partial charge in [0.1, 0.15) is 11.9 Å². The Bertz CT molecular complexity index is 443. The maximum atomic E-state index is 11.9. The zero-order valence-corrected chi connectivity index (χ0v) is 12.9. The van der Waals surface area contributed by atoms with Crippen molar-refractivity contribution in [3.05, 3.63) is 26.7 Å². The largest absolute Gasteiger partial charge is 0.488 e. The molecule has 0 aromatic heterocycles. The molecule has 0 radical (unpaired) electrons. The van der Waals surface area contributed by atoms with Gasteiger partial charge in [0.05, 0.1) is 16.6 Å². The normalized spacial score (nSPS) is 13.4. The monoisotopic (exact) mass is 379 g/mol. The molecule has 0 amide bonds. The van der Waals surface area contributed by atoms with Gasteiger partial charge in [-0.3, -0.25) is 0 Å². The lowest BCUT2D eigenvalue weighted by Crippen LogP contribution is -2.35. The second kappa shape index (κ2) is 7.02. The third-order valence-corrected chi connectivity index (χ3v) is 3.55. The van der Waals surface area contributed by atoms with E-state index in [0.29, 0.717) is 20.3 Å².